The van der Waals surface area contributed by atoms with E-state index in [1.165, 1.54) is 4.90 Å². The maximum atomic E-state index is 12.0. The summed E-state index contributed by atoms with van der Waals surface area (Å²) in [7, 11) is 3.17. The predicted molar refractivity (Wildman–Crippen MR) is 117 cm³/mol. The molecule has 1 amide bonds. The summed E-state index contributed by atoms with van der Waals surface area (Å²) in [5, 5.41) is 3.26. The first-order valence-corrected chi connectivity index (χ1v) is 9.28. The largest absolute Gasteiger partial charge is 0.497 e. The highest BCUT2D eigenvalue weighted by Crippen LogP contribution is 2.34. The van der Waals surface area contributed by atoms with Gasteiger partial charge >= 0.3 is 0 Å². The van der Waals surface area contributed by atoms with Gasteiger partial charge in [0.25, 0.3) is 0 Å². The molecule has 30 heavy (non-hydrogen) atoms. The smallest absolute Gasteiger partial charge is 0.220 e. The Balaban J connectivity index is 1.86. The van der Waals surface area contributed by atoms with Crippen LogP contribution in [0.25, 0.3) is 11.0 Å². The minimum atomic E-state index is 0.386. The quantitative estimate of drug-likeness (QED) is 0.454. The molecule has 0 aliphatic carbocycles. The molecule has 1 N–H and O–H groups in total. The second kappa shape index (κ2) is 8.48. The summed E-state index contributed by atoms with van der Waals surface area (Å²) in [6.45, 7) is 0. The van der Waals surface area contributed by atoms with Crippen molar-refractivity contribution in [2.24, 2.45) is 0 Å². The molecule has 0 aliphatic heterocycles. The molecule has 0 radical (unpaired) electrons. The van der Waals surface area contributed by atoms with Gasteiger partial charge in [0, 0.05) is 23.9 Å². The highest BCUT2D eigenvalue weighted by molar-refractivity contribution is 5.93. The lowest BCUT2D eigenvalue weighted by Gasteiger charge is -2.20. The zero-order valence-corrected chi connectivity index (χ0v) is 16.6. The molecule has 0 saturated heterocycles. The molecule has 1 aromatic heterocycles. The van der Waals surface area contributed by atoms with E-state index in [-0.39, 0.29) is 0 Å². The normalized spacial score (nSPS) is 10.5. The third-order valence-corrected chi connectivity index (χ3v) is 4.53. The first-order valence-electron chi connectivity index (χ1n) is 9.28. The van der Waals surface area contributed by atoms with Crippen molar-refractivity contribution in [3.8, 4) is 11.5 Å². The van der Waals surface area contributed by atoms with Gasteiger partial charge in [0.05, 0.1) is 30.9 Å². The first kappa shape index (κ1) is 19.2. The Morgan fingerprint density at radius 3 is 2.03 bits per heavy atom. The van der Waals surface area contributed by atoms with Crippen LogP contribution in [0, 0.1) is 0 Å². The third kappa shape index (κ3) is 3.86. The van der Waals surface area contributed by atoms with E-state index < -0.39 is 0 Å². The van der Waals surface area contributed by atoms with E-state index in [0.29, 0.717) is 45.5 Å². The lowest BCUT2D eigenvalue weighted by Crippen LogP contribution is -2.18. The summed E-state index contributed by atoms with van der Waals surface area (Å²) in [6, 6.07) is 22.2. The lowest BCUT2D eigenvalue weighted by molar-refractivity contribution is -0.106. The van der Waals surface area contributed by atoms with E-state index in [1.807, 2.05) is 66.7 Å². The Morgan fingerprint density at radius 2 is 1.43 bits per heavy atom. The number of anilines is 4. The van der Waals surface area contributed by atoms with E-state index in [1.54, 1.807) is 20.3 Å². The van der Waals surface area contributed by atoms with Crippen molar-refractivity contribution in [2.75, 3.05) is 24.4 Å². The number of aromatic nitrogens is 2. The second-order valence-electron chi connectivity index (χ2n) is 6.42. The van der Waals surface area contributed by atoms with Crippen molar-refractivity contribution < 1.29 is 14.3 Å². The van der Waals surface area contributed by atoms with Gasteiger partial charge in [0.2, 0.25) is 6.41 Å². The number of hydrogen-bond acceptors (Lipinski definition) is 6. The standard InChI is InChI=1S/C23H20N4O3/c1-29-18-12-16(13-19(14-18)30-2)24-22-23(26-21-11-7-6-10-20(21)25-22)27(15-28)17-8-4-3-5-9-17/h3-15H,1-2H3,(H,24,25). The van der Waals surface area contributed by atoms with E-state index in [0.717, 1.165) is 6.41 Å². The van der Waals surface area contributed by atoms with Crippen LogP contribution in [-0.4, -0.2) is 30.6 Å². The molecule has 0 unspecified atom stereocenters. The first-order chi connectivity index (χ1) is 14.7. The Labute approximate surface area is 173 Å². The molecule has 1 heterocycles. The maximum Gasteiger partial charge on any atom is 0.220 e. The van der Waals surface area contributed by atoms with Gasteiger partial charge in [-0.3, -0.25) is 9.69 Å². The van der Waals surface area contributed by atoms with Gasteiger partial charge in [0.1, 0.15) is 11.5 Å². The van der Waals surface area contributed by atoms with E-state index in [4.69, 9.17) is 19.4 Å². The minimum absolute atomic E-state index is 0.386. The molecule has 4 rings (SSSR count). The molecular weight excluding hydrogens is 380 g/mol. The molecule has 7 nitrogen and oxygen atoms in total. The monoisotopic (exact) mass is 400 g/mol. The number of methoxy groups -OCH3 is 2. The van der Waals surface area contributed by atoms with E-state index in [2.05, 4.69) is 5.32 Å². The number of rotatable bonds is 7. The molecule has 150 valence electrons. The molecule has 0 aliphatic rings. The van der Waals surface area contributed by atoms with Crippen LogP contribution in [-0.2, 0) is 4.79 Å². The van der Waals surface area contributed by atoms with Gasteiger partial charge in [-0.2, -0.15) is 0 Å². The zero-order valence-electron chi connectivity index (χ0n) is 16.6. The van der Waals surface area contributed by atoms with Gasteiger partial charge < -0.3 is 14.8 Å². The van der Waals surface area contributed by atoms with Crippen molar-refractivity contribution in [2.45, 2.75) is 0 Å². The van der Waals surface area contributed by atoms with Crippen LogP contribution >= 0.6 is 0 Å². The van der Waals surface area contributed by atoms with Gasteiger partial charge in [0.15, 0.2) is 11.6 Å². The van der Waals surface area contributed by atoms with Crippen LogP contribution in [0.15, 0.2) is 72.8 Å². The Bertz CT molecular complexity index is 1160. The molecule has 0 saturated carbocycles. The molecule has 0 atom stereocenters. The van der Waals surface area contributed by atoms with Crippen molar-refractivity contribution in [3.63, 3.8) is 0 Å². The molecule has 0 fully saturated rings. The number of nitrogens with one attached hydrogen (secondary N) is 1. The molecule has 4 aromatic rings. The average Bonchev–Trinajstić information content (AvgIpc) is 2.80. The van der Waals surface area contributed by atoms with Crippen LogP contribution in [0.3, 0.4) is 0 Å². The number of carbonyl (C=O) groups excluding carboxylic acids is 1. The maximum absolute atomic E-state index is 12.0. The molecular formula is C23H20N4O3. The molecule has 7 heteroatoms. The molecule has 3 aromatic carbocycles. The highest BCUT2D eigenvalue weighted by atomic mass is 16.5. The fourth-order valence-electron chi connectivity index (χ4n) is 3.08. The van der Waals surface area contributed by atoms with Gasteiger partial charge in [-0.1, -0.05) is 30.3 Å². The highest BCUT2D eigenvalue weighted by Gasteiger charge is 2.18. The topological polar surface area (TPSA) is 76.6 Å². The fraction of sp³-hybridized carbons (Fsp3) is 0.0870. The van der Waals surface area contributed by atoms with Gasteiger partial charge in [-0.25, -0.2) is 9.97 Å². The SMILES string of the molecule is COc1cc(Nc2nc3ccccc3nc2N(C=O)c2ccccc2)cc(OC)c1. The summed E-state index contributed by atoms with van der Waals surface area (Å²) in [4.78, 5) is 22.9. The second-order valence-corrected chi connectivity index (χ2v) is 6.42. The summed E-state index contributed by atoms with van der Waals surface area (Å²) in [5.41, 5.74) is 2.76. The number of ether oxygens (including phenoxy) is 2. The number of carbonyl (C=O) groups is 1. The number of para-hydroxylation sites is 3. The number of amides is 1. The minimum Gasteiger partial charge on any atom is -0.497 e. The van der Waals surface area contributed by atoms with E-state index in [9.17, 15) is 4.79 Å². The number of nitrogens with zero attached hydrogens (tertiary/aromatic N) is 3. The van der Waals surface area contributed by atoms with Crippen LogP contribution < -0.4 is 19.7 Å². The van der Waals surface area contributed by atoms with Crippen LogP contribution in [0.5, 0.6) is 11.5 Å². The number of fused-ring (bicyclic) bond motifs is 1. The van der Waals surface area contributed by atoms with Crippen molar-refractivity contribution in [3.05, 3.63) is 72.8 Å². The Hall–Kier alpha value is -4.13. The summed E-state index contributed by atoms with van der Waals surface area (Å²) in [6.07, 6.45) is 0.728. The van der Waals surface area contributed by atoms with Crippen LogP contribution in [0.1, 0.15) is 0 Å². The van der Waals surface area contributed by atoms with Crippen molar-refractivity contribution >= 4 is 40.5 Å². The van der Waals surface area contributed by atoms with Crippen LogP contribution in [0.4, 0.5) is 23.0 Å². The Kier molecular flexibility index (Phi) is 5.43. The molecule has 0 spiro atoms. The third-order valence-electron chi connectivity index (χ3n) is 4.53. The lowest BCUT2D eigenvalue weighted by atomic mass is 10.2. The fourth-order valence-corrected chi connectivity index (χ4v) is 3.08. The van der Waals surface area contributed by atoms with Crippen LogP contribution in [0.2, 0.25) is 0 Å². The number of benzene rings is 3. The van der Waals surface area contributed by atoms with Crippen molar-refractivity contribution in [1.82, 2.24) is 9.97 Å². The summed E-state index contributed by atoms with van der Waals surface area (Å²) < 4.78 is 10.7. The van der Waals surface area contributed by atoms with E-state index >= 15 is 0 Å². The van der Waals surface area contributed by atoms with Gasteiger partial charge in [-0.05, 0) is 24.3 Å². The summed E-state index contributed by atoms with van der Waals surface area (Å²) in [5.74, 6) is 2.07. The average molecular weight is 400 g/mol. The van der Waals surface area contributed by atoms with Gasteiger partial charge in [-0.15, -0.1) is 0 Å². The predicted octanol–water partition coefficient (Wildman–Crippen LogP) is 4.69. The number of hydrogen-bond donors (Lipinski definition) is 1. The summed E-state index contributed by atoms with van der Waals surface area (Å²) >= 11 is 0. The molecule has 0 bridgehead atoms. The van der Waals surface area contributed by atoms with Crippen molar-refractivity contribution in [1.29, 1.82) is 0 Å². The Morgan fingerprint density at radius 1 is 0.833 bits per heavy atom. The zero-order chi connectivity index (χ0) is 20.9.